The van der Waals surface area contributed by atoms with Crippen molar-refractivity contribution in [2.24, 2.45) is 0 Å². The summed E-state index contributed by atoms with van der Waals surface area (Å²) in [6.07, 6.45) is 4.68. The number of rotatable bonds is 5. The summed E-state index contributed by atoms with van der Waals surface area (Å²) in [5.41, 5.74) is 3.51. The average molecular weight is 460 g/mol. The molecule has 0 spiro atoms. The van der Waals surface area contributed by atoms with Gasteiger partial charge in [0, 0.05) is 23.4 Å². The van der Waals surface area contributed by atoms with Crippen molar-refractivity contribution in [3.8, 4) is 0 Å². The number of nitrogens with one attached hydrogen (secondary N) is 1. The van der Waals surface area contributed by atoms with Gasteiger partial charge in [-0.15, -0.1) is 23.1 Å². The first-order chi connectivity index (χ1) is 15.7. The number of hydrogen-bond donors (Lipinski definition) is 1. The van der Waals surface area contributed by atoms with E-state index >= 15 is 0 Å². The van der Waals surface area contributed by atoms with E-state index in [4.69, 9.17) is 0 Å². The van der Waals surface area contributed by atoms with Crippen molar-refractivity contribution in [2.45, 2.75) is 36.2 Å². The van der Waals surface area contributed by atoms with Gasteiger partial charge in [0.2, 0.25) is 5.91 Å². The number of anilines is 1. The summed E-state index contributed by atoms with van der Waals surface area (Å²) >= 11 is 3.02. The van der Waals surface area contributed by atoms with Crippen molar-refractivity contribution in [1.29, 1.82) is 0 Å². The lowest BCUT2D eigenvalue weighted by Gasteiger charge is -2.18. The largest absolute Gasteiger partial charge is 0.300 e. The number of thiazole rings is 1. The van der Waals surface area contributed by atoms with E-state index in [0.717, 1.165) is 29.9 Å². The van der Waals surface area contributed by atoms with Gasteiger partial charge in [-0.3, -0.25) is 14.2 Å². The Balaban J connectivity index is 1.40. The average Bonchev–Trinajstić information content (AvgIpc) is 3.30. The van der Waals surface area contributed by atoms with Crippen LogP contribution in [0.3, 0.4) is 0 Å². The molecule has 1 aliphatic heterocycles. The molecule has 0 bridgehead atoms. The Labute approximate surface area is 193 Å². The minimum Gasteiger partial charge on any atom is -0.300 e. The number of carbonyl (C=O) groups excluding carboxylic acids is 1. The van der Waals surface area contributed by atoms with Gasteiger partial charge in [0.05, 0.1) is 5.03 Å². The molecule has 1 N–H and O–H groups in total. The SMILES string of the molecule is O=C(Nc1nccs1)[C@@H]1CSc2c(C3CC3)c(Cc3cccc4ccccc34)cc(=O)n21. The van der Waals surface area contributed by atoms with Gasteiger partial charge in [-0.25, -0.2) is 4.98 Å². The van der Waals surface area contributed by atoms with Gasteiger partial charge in [0.15, 0.2) is 5.13 Å². The van der Waals surface area contributed by atoms with Gasteiger partial charge < -0.3 is 5.32 Å². The summed E-state index contributed by atoms with van der Waals surface area (Å²) < 4.78 is 1.72. The van der Waals surface area contributed by atoms with Gasteiger partial charge in [0.25, 0.3) is 5.56 Å². The molecule has 32 heavy (non-hydrogen) atoms. The molecule has 2 aromatic carbocycles. The second kappa shape index (κ2) is 7.90. The van der Waals surface area contributed by atoms with Crippen LogP contribution in [0.4, 0.5) is 5.13 Å². The number of thioether (sulfide) groups is 1. The van der Waals surface area contributed by atoms with Gasteiger partial charge in [0.1, 0.15) is 6.04 Å². The maximum absolute atomic E-state index is 13.3. The molecular weight excluding hydrogens is 438 g/mol. The molecule has 0 saturated heterocycles. The highest BCUT2D eigenvalue weighted by Crippen LogP contribution is 2.48. The monoisotopic (exact) mass is 459 g/mol. The number of nitrogens with zero attached hydrogens (tertiary/aromatic N) is 2. The summed E-state index contributed by atoms with van der Waals surface area (Å²) in [4.78, 5) is 30.3. The summed E-state index contributed by atoms with van der Waals surface area (Å²) in [6.45, 7) is 0. The minimum atomic E-state index is -0.504. The van der Waals surface area contributed by atoms with Gasteiger partial charge >= 0.3 is 0 Å². The molecule has 3 heterocycles. The zero-order valence-electron chi connectivity index (χ0n) is 17.3. The van der Waals surface area contributed by atoms with Crippen LogP contribution in [0, 0.1) is 0 Å². The lowest BCUT2D eigenvalue weighted by Crippen LogP contribution is -2.33. The standard InChI is InChI=1S/C25H21N3O2S2/c29-21-13-18(12-17-6-3-5-15-4-1-2-7-19(15)17)22(16-8-9-16)24-28(21)20(14-32-24)23(30)27-25-26-10-11-31-25/h1-7,10-11,13,16,20H,8-9,12,14H2,(H,26,27,30)/t20-/m0/s1. The number of benzene rings is 2. The highest BCUT2D eigenvalue weighted by atomic mass is 32.2. The first-order valence-corrected chi connectivity index (χ1v) is 12.6. The third kappa shape index (κ3) is 3.45. The highest BCUT2D eigenvalue weighted by Gasteiger charge is 2.37. The van der Waals surface area contributed by atoms with E-state index in [9.17, 15) is 9.59 Å². The quantitative estimate of drug-likeness (QED) is 0.445. The zero-order valence-corrected chi connectivity index (χ0v) is 18.9. The lowest BCUT2D eigenvalue weighted by atomic mass is 9.95. The topological polar surface area (TPSA) is 64.0 Å². The van der Waals surface area contributed by atoms with E-state index in [1.165, 1.54) is 33.2 Å². The first kappa shape index (κ1) is 19.8. The molecule has 160 valence electrons. The summed E-state index contributed by atoms with van der Waals surface area (Å²) in [5, 5.41) is 8.68. The van der Waals surface area contributed by atoms with Crippen LogP contribution in [0.15, 0.2) is 69.9 Å². The van der Waals surface area contributed by atoms with Gasteiger partial charge in [-0.05, 0) is 52.6 Å². The maximum atomic E-state index is 13.3. The molecule has 5 nitrogen and oxygen atoms in total. The predicted octanol–water partition coefficient (Wildman–Crippen LogP) is 5.21. The molecule has 1 saturated carbocycles. The minimum absolute atomic E-state index is 0.0936. The number of aromatic nitrogens is 2. The number of carbonyl (C=O) groups is 1. The van der Waals surface area contributed by atoms with Crippen molar-refractivity contribution in [3.05, 3.63) is 87.2 Å². The Morgan fingerprint density at radius 1 is 1.12 bits per heavy atom. The third-order valence-corrected chi connectivity index (χ3v) is 8.09. The van der Waals surface area contributed by atoms with Crippen molar-refractivity contribution >= 4 is 44.9 Å². The molecule has 1 aliphatic carbocycles. The van der Waals surface area contributed by atoms with E-state index in [-0.39, 0.29) is 11.5 Å². The summed E-state index contributed by atoms with van der Waals surface area (Å²) in [6, 6.07) is 16.0. The number of amides is 1. The lowest BCUT2D eigenvalue weighted by molar-refractivity contribution is -0.118. The fraction of sp³-hybridized carbons (Fsp3) is 0.240. The van der Waals surface area contributed by atoms with Gasteiger partial charge in [-0.2, -0.15) is 0 Å². The molecule has 7 heteroatoms. The fourth-order valence-electron chi connectivity index (χ4n) is 4.61. The van der Waals surface area contributed by atoms with Crippen LogP contribution < -0.4 is 10.9 Å². The second-order valence-electron chi connectivity index (χ2n) is 8.34. The molecule has 6 rings (SSSR count). The Hall–Kier alpha value is -2.90. The molecule has 2 aromatic heterocycles. The van der Waals surface area contributed by atoms with E-state index in [1.807, 2.05) is 5.38 Å². The molecule has 0 unspecified atom stereocenters. The molecule has 1 atom stereocenters. The van der Waals surface area contributed by atoms with Crippen LogP contribution in [-0.4, -0.2) is 21.2 Å². The van der Waals surface area contributed by atoms with Crippen molar-refractivity contribution in [1.82, 2.24) is 9.55 Å². The molecular formula is C25H21N3O2S2. The third-order valence-electron chi connectivity index (χ3n) is 6.23. The predicted molar refractivity (Wildman–Crippen MR) is 130 cm³/mol. The Kier molecular flexibility index (Phi) is 4.88. The zero-order chi connectivity index (χ0) is 21.7. The van der Waals surface area contributed by atoms with Gasteiger partial charge in [-0.1, -0.05) is 42.5 Å². The van der Waals surface area contributed by atoms with Crippen LogP contribution >= 0.6 is 23.1 Å². The van der Waals surface area contributed by atoms with Crippen molar-refractivity contribution < 1.29 is 4.79 Å². The van der Waals surface area contributed by atoms with Crippen LogP contribution in [-0.2, 0) is 11.2 Å². The Bertz CT molecular complexity index is 1390. The van der Waals surface area contributed by atoms with Crippen molar-refractivity contribution in [3.63, 3.8) is 0 Å². The summed E-state index contributed by atoms with van der Waals surface area (Å²) in [5.74, 6) is 0.885. The van der Waals surface area contributed by atoms with Crippen LogP contribution in [0.1, 0.15) is 41.5 Å². The number of fused-ring (bicyclic) bond motifs is 2. The normalized spacial score (nSPS) is 17.4. The summed E-state index contributed by atoms with van der Waals surface area (Å²) in [7, 11) is 0. The van der Waals surface area contributed by atoms with E-state index in [0.29, 0.717) is 16.8 Å². The molecule has 2 aliphatic rings. The van der Waals surface area contributed by atoms with Crippen molar-refractivity contribution in [2.75, 3.05) is 11.1 Å². The second-order valence-corrected chi connectivity index (χ2v) is 10.2. The van der Waals surface area contributed by atoms with E-state index < -0.39 is 6.04 Å². The van der Waals surface area contributed by atoms with Crippen LogP contribution in [0.25, 0.3) is 10.8 Å². The highest BCUT2D eigenvalue weighted by molar-refractivity contribution is 7.99. The van der Waals surface area contributed by atoms with Crippen LogP contribution in [0.2, 0.25) is 0 Å². The van der Waals surface area contributed by atoms with E-state index in [2.05, 4.69) is 52.8 Å². The maximum Gasteiger partial charge on any atom is 0.252 e. The van der Waals surface area contributed by atoms with E-state index in [1.54, 1.807) is 28.6 Å². The number of hydrogen-bond acceptors (Lipinski definition) is 5. The smallest absolute Gasteiger partial charge is 0.252 e. The first-order valence-electron chi connectivity index (χ1n) is 10.8. The molecule has 1 amide bonds. The molecule has 0 radical (unpaired) electrons. The number of pyridine rings is 1. The Morgan fingerprint density at radius 2 is 1.97 bits per heavy atom. The Morgan fingerprint density at radius 3 is 2.78 bits per heavy atom. The fourth-order valence-corrected chi connectivity index (χ4v) is 6.57. The molecule has 1 fully saturated rings. The molecule has 4 aromatic rings. The van der Waals surface area contributed by atoms with Crippen LogP contribution in [0.5, 0.6) is 0 Å².